The summed E-state index contributed by atoms with van der Waals surface area (Å²) in [5.74, 6) is 0. The highest BCUT2D eigenvalue weighted by Gasteiger charge is 2.18. The second-order valence-corrected chi connectivity index (χ2v) is 6.19. The second kappa shape index (κ2) is 7.31. The van der Waals surface area contributed by atoms with Crippen LogP contribution in [0.2, 0.25) is 0 Å². The first-order valence-corrected chi connectivity index (χ1v) is 8.37. The lowest BCUT2D eigenvalue weighted by Crippen LogP contribution is -2.47. The minimum Gasteiger partial charge on any atom is -0.334 e. The van der Waals surface area contributed by atoms with E-state index in [0.29, 0.717) is 6.54 Å². The van der Waals surface area contributed by atoms with Crippen LogP contribution in [0.25, 0.3) is 11.3 Å². The Morgan fingerprint density at radius 1 is 1.17 bits per heavy atom. The molecule has 1 aliphatic heterocycles. The van der Waals surface area contributed by atoms with Crippen molar-refractivity contribution in [1.29, 1.82) is 0 Å². The van der Waals surface area contributed by atoms with Crippen LogP contribution in [-0.2, 0) is 6.54 Å². The zero-order valence-corrected chi connectivity index (χ0v) is 13.6. The molecule has 2 aromatic rings. The van der Waals surface area contributed by atoms with Gasteiger partial charge >= 0.3 is 6.03 Å². The predicted octanol–water partition coefficient (Wildman–Crippen LogP) is 3.13. The number of rotatable bonds is 4. The van der Waals surface area contributed by atoms with E-state index in [1.165, 1.54) is 6.42 Å². The summed E-state index contributed by atoms with van der Waals surface area (Å²) in [5.41, 5.74) is 2.07. The molecular formula is C18H24N4O. The van der Waals surface area contributed by atoms with Gasteiger partial charge in [0.05, 0.1) is 12.2 Å². The molecule has 23 heavy (non-hydrogen) atoms. The number of amides is 2. The maximum atomic E-state index is 12.2. The molecule has 0 bridgehead atoms. The summed E-state index contributed by atoms with van der Waals surface area (Å²) in [4.78, 5) is 14.1. The van der Waals surface area contributed by atoms with Crippen LogP contribution in [0.4, 0.5) is 4.79 Å². The third kappa shape index (κ3) is 4.12. The van der Waals surface area contributed by atoms with E-state index in [9.17, 15) is 4.79 Å². The summed E-state index contributed by atoms with van der Waals surface area (Å²) in [7, 11) is 0. The Hall–Kier alpha value is -2.30. The molecule has 2 heterocycles. The fourth-order valence-electron chi connectivity index (χ4n) is 2.95. The number of nitrogens with one attached hydrogen (secondary N) is 1. The van der Waals surface area contributed by atoms with E-state index in [4.69, 9.17) is 0 Å². The number of hydrogen-bond donors (Lipinski definition) is 1. The first-order valence-electron chi connectivity index (χ1n) is 8.37. The van der Waals surface area contributed by atoms with Crippen LogP contribution >= 0.6 is 0 Å². The summed E-state index contributed by atoms with van der Waals surface area (Å²) in [6, 6.07) is 12.2. The average molecular weight is 312 g/mol. The first kappa shape index (κ1) is 15.6. The Bertz CT molecular complexity index is 631. The van der Waals surface area contributed by atoms with Crippen molar-refractivity contribution in [2.45, 2.75) is 38.8 Å². The van der Waals surface area contributed by atoms with Gasteiger partial charge in [-0.05, 0) is 32.3 Å². The van der Waals surface area contributed by atoms with Crippen molar-refractivity contribution >= 4 is 6.03 Å². The van der Waals surface area contributed by atoms with Crippen LogP contribution in [0.5, 0.6) is 0 Å². The van der Waals surface area contributed by atoms with E-state index in [1.807, 2.05) is 59.1 Å². The number of benzene rings is 1. The number of nitrogens with zero attached hydrogens (tertiary/aromatic N) is 3. The molecule has 0 unspecified atom stereocenters. The lowest BCUT2D eigenvalue weighted by atomic mass is 10.1. The zero-order chi connectivity index (χ0) is 16.1. The van der Waals surface area contributed by atoms with Crippen molar-refractivity contribution in [3.63, 3.8) is 0 Å². The molecule has 122 valence electrons. The van der Waals surface area contributed by atoms with E-state index in [0.717, 1.165) is 37.2 Å². The van der Waals surface area contributed by atoms with E-state index in [-0.39, 0.29) is 12.1 Å². The topological polar surface area (TPSA) is 50.2 Å². The van der Waals surface area contributed by atoms with Crippen LogP contribution in [0.3, 0.4) is 0 Å². The lowest BCUT2D eigenvalue weighted by Gasteiger charge is -2.28. The van der Waals surface area contributed by atoms with Crippen LogP contribution in [0.1, 0.15) is 26.2 Å². The molecule has 0 spiro atoms. The number of piperidine rings is 1. The number of urea groups is 1. The van der Waals surface area contributed by atoms with E-state index >= 15 is 0 Å². The molecule has 0 saturated carbocycles. The largest absolute Gasteiger partial charge is 0.334 e. The van der Waals surface area contributed by atoms with Crippen molar-refractivity contribution in [1.82, 2.24) is 20.0 Å². The third-order valence-corrected chi connectivity index (χ3v) is 4.18. The van der Waals surface area contributed by atoms with Crippen LogP contribution in [0.15, 0.2) is 42.6 Å². The Morgan fingerprint density at radius 3 is 2.65 bits per heavy atom. The van der Waals surface area contributed by atoms with Gasteiger partial charge in [0, 0.05) is 30.9 Å². The highest BCUT2D eigenvalue weighted by Crippen LogP contribution is 2.16. The Labute approximate surface area is 137 Å². The molecule has 1 aromatic carbocycles. The Balaban J connectivity index is 1.54. The quantitative estimate of drug-likeness (QED) is 0.943. The number of hydrogen-bond acceptors (Lipinski definition) is 2. The van der Waals surface area contributed by atoms with E-state index in [2.05, 4.69) is 10.4 Å². The summed E-state index contributed by atoms with van der Waals surface area (Å²) in [6.45, 7) is 4.44. The van der Waals surface area contributed by atoms with Gasteiger partial charge in [0.2, 0.25) is 0 Å². The smallest absolute Gasteiger partial charge is 0.317 e. The van der Waals surface area contributed by atoms with Crippen LogP contribution in [-0.4, -0.2) is 39.8 Å². The summed E-state index contributed by atoms with van der Waals surface area (Å²) in [5, 5.41) is 7.67. The minimum absolute atomic E-state index is 0.0487. The van der Waals surface area contributed by atoms with Crippen LogP contribution < -0.4 is 5.32 Å². The third-order valence-electron chi connectivity index (χ3n) is 4.18. The van der Waals surface area contributed by atoms with Crippen molar-refractivity contribution in [3.8, 4) is 11.3 Å². The van der Waals surface area contributed by atoms with Crippen molar-refractivity contribution in [2.75, 3.05) is 13.1 Å². The molecule has 5 heteroatoms. The van der Waals surface area contributed by atoms with Crippen molar-refractivity contribution in [3.05, 3.63) is 42.6 Å². The predicted molar refractivity (Wildman–Crippen MR) is 91.1 cm³/mol. The molecule has 1 aliphatic rings. The van der Waals surface area contributed by atoms with Gasteiger partial charge in [0.15, 0.2) is 0 Å². The van der Waals surface area contributed by atoms with Gasteiger partial charge in [-0.2, -0.15) is 5.10 Å². The fraction of sp³-hybridized carbons (Fsp3) is 0.444. The molecule has 1 saturated heterocycles. The fourth-order valence-corrected chi connectivity index (χ4v) is 2.95. The molecular weight excluding hydrogens is 288 g/mol. The normalized spacial score (nSPS) is 16.1. The molecule has 3 rings (SSSR count). The molecule has 2 amide bonds. The number of carbonyl (C=O) groups excluding carboxylic acids is 1. The summed E-state index contributed by atoms with van der Waals surface area (Å²) >= 11 is 0. The standard InChI is InChI=1S/C18H24N4O/c1-15(19-18(23)21-11-6-3-7-12-21)14-22-13-10-17(20-22)16-8-4-2-5-9-16/h2,4-5,8-10,13,15H,3,6-7,11-12,14H2,1H3,(H,19,23)/t15-/m1/s1. The summed E-state index contributed by atoms with van der Waals surface area (Å²) < 4.78 is 1.89. The average Bonchev–Trinajstić information content (AvgIpc) is 3.04. The molecule has 1 fully saturated rings. The molecule has 1 aromatic heterocycles. The molecule has 5 nitrogen and oxygen atoms in total. The van der Waals surface area contributed by atoms with Gasteiger partial charge < -0.3 is 10.2 Å². The minimum atomic E-state index is 0.0487. The molecule has 1 N–H and O–H groups in total. The molecule has 0 aliphatic carbocycles. The monoisotopic (exact) mass is 312 g/mol. The van der Waals surface area contributed by atoms with Crippen molar-refractivity contribution < 1.29 is 4.79 Å². The SMILES string of the molecule is C[C@H](Cn1ccc(-c2ccccc2)n1)NC(=O)N1CCCCC1. The number of likely N-dealkylation sites (tertiary alicyclic amines) is 1. The number of carbonyl (C=O) groups is 1. The van der Waals surface area contributed by atoms with Gasteiger partial charge in [-0.3, -0.25) is 4.68 Å². The zero-order valence-electron chi connectivity index (χ0n) is 13.6. The van der Waals surface area contributed by atoms with Gasteiger partial charge in [0.25, 0.3) is 0 Å². The maximum absolute atomic E-state index is 12.2. The second-order valence-electron chi connectivity index (χ2n) is 6.19. The van der Waals surface area contributed by atoms with E-state index < -0.39 is 0 Å². The van der Waals surface area contributed by atoms with Crippen molar-refractivity contribution in [2.24, 2.45) is 0 Å². The van der Waals surface area contributed by atoms with Gasteiger partial charge in [-0.25, -0.2) is 4.79 Å². The lowest BCUT2D eigenvalue weighted by molar-refractivity contribution is 0.182. The Kier molecular flexibility index (Phi) is 4.95. The Morgan fingerprint density at radius 2 is 1.91 bits per heavy atom. The van der Waals surface area contributed by atoms with E-state index in [1.54, 1.807) is 0 Å². The highest BCUT2D eigenvalue weighted by atomic mass is 16.2. The maximum Gasteiger partial charge on any atom is 0.317 e. The highest BCUT2D eigenvalue weighted by molar-refractivity contribution is 5.74. The van der Waals surface area contributed by atoms with Crippen LogP contribution in [0, 0.1) is 0 Å². The van der Waals surface area contributed by atoms with Gasteiger partial charge in [0.1, 0.15) is 0 Å². The number of aromatic nitrogens is 2. The van der Waals surface area contributed by atoms with Gasteiger partial charge in [-0.1, -0.05) is 30.3 Å². The first-order chi connectivity index (χ1) is 11.2. The van der Waals surface area contributed by atoms with Gasteiger partial charge in [-0.15, -0.1) is 0 Å². The molecule has 0 radical (unpaired) electrons. The molecule has 1 atom stereocenters. The summed E-state index contributed by atoms with van der Waals surface area (Å²) in [6.07, 6.45) is 5.42.